The molecule has 4 nitrogen and oxygen atoms in total. The van der Waals surface area contributed by atoms with Crippen molar-refractivity contribution < 1.29 is 18.7 Å². The molecule has 0 aliphatic carbocycles. The normalized spacial score (nSPS) is 10.9. The lowest BCUT2D eigenvalue weighted by Crippen LogP contribution is -1.99. The van der Waals surface area contributed by atoms with Crippen LogP contribution in [-0.2, 0) is 0 Å². The summed E-state index contributed by atoms with van der Waals surface area (Å²) < 4.78 is 26.7. The first-order valence-corrected chi connectivity index (χ1v) is 5.73. The number of rotatable bonds is 2. The molecule has 1 aromatic heterocycles. The molecule has 0 atom stereocenters. The Morgan fingerprint density at radius 1 is 1.20 bits per heavy atom. The summed E-state index contributed by atoms with van der Waals surface area (Å²) in [6.45, 7) is 0. The zero-order valence-corrected chi connectivity index (χ0v) is 10.0. The summed E-state index contributed by atoms with van der Waals surface area (Å²) in [4.78, 5) is 17.9. The van der Waals surface area contributed by atoms with Gasteiger partial charge in [0.25, 0.3) is 0 Å². The molecular weight excluding hydrogens is 266 g/mol. The molecule has 3 rings (SSSR count). The number of hydrogen-bond donors (Lipinski definition) is 2. The lowest BCUT2D eigenvalue weighted by atomic mass is 10.2. The minimum Gasteiger partial charge on any atom is -0.478 e. The van der Waals surface area contributed by atoms with Crippen LogP contribution in [0.1, 0.15) is 10.4 Å². The van der Waals surface area contributed by atoms with Gasteiger partial charge in [-0.1, -0.05) is 12.1 Å². The fourth-order valence-electron chi connectivity index (χ4n) is 1.97. The summed E-state index contributed by atoms with van der Waals surface area (Å²) >= 11 is 0. The molecule has 100 valence electrons. The van der Waals surface area contributed by atoms with E-state index in [9.17, 15) is 13.6 Å². The van der Waals surface area contributed by atoms with E-state index in [0.29, 0.717) is 22.4 Å². The van der Waals surface area contributed by atoms with Crippen LogP contribution in [0.5, 0.6) is 0 Å². The van der Waals surface area contributed by atoms with Crippen molar-refractivity contribution in [3.63, 3.8) is 0 Å². The maximum atomic E-state index is 13.6. The molecule has 0 aliphatic heterocycles. The zero-order valence-electron chi connectivity index (χ0n) is 10.0. The molecule has 0 bridgehead atoms. The number of halogens is 2. The van der Waals surface area contributed by atoms with E-state index in [2.05, 4.69) is 9.97 Å². The molecule has 1 heterocycles. The monoisotopic (exact) mass is 274 g/mol. The molecule has 0 amide bonds. The summed E-state index contributed by atoms with van der Waals surface area (Å²) in [6, 6.07) is 7.97. The van der Waals surface area contributed by atoms with Gasteiger partial charge in [-0.15, -0.1) is 0 Å². The fourth-order valence-corrected chi connectivity index (χ4v) is 1.97. The first kappa shape index (κ1) is 12.3. The number of fused-ring (bicyclic) bond motifs is 1. The number of aromatic carboxylic acids is 1. The number of carboxylic acid groups (broad SMARTS) is 1. The number of H-pyrrole nitrogens is 1. The van der Waals surface area contributed by atoms with Crippen LogP contribution in [0.4, 0.5) is 8.78 Å². The number of carbonyl (C=O) groups is 1. The zero-order chi connectivity index (χ0) is 14.3. The molecule has 0 radical (unpaired) electrons. The summed E-state index contributed by atoms with van der Waals surface area (Å²) in [5, 5.41) is 8.86. The Labute approximate surface area is 111 Å². The van der Waals surface area contributed by atoms with Crippen molar-refractivity contribution in [2.45, 2.75) is 0 Å². The number of nitrogens with one attached hydrogen (secondary N) is 1. The third kappa shape index (κ3) is 2.01. The molecule has 2 aromatic carbocycles. The topological polar surface area (TPSA) is 66.0 Å². The molecule has 3 aromatic rings. The number of carboxylic acids is 1. The van der Waals surface area contributed by atoms with Crippen LogP contribution >= 0.6 is 0 Å². The van der Waals surface area contributed by atoms with Crippen LogP contribution in [-0.4, -0.2) is 21.0 Å². The molecule has 0 saturated heterocycles. The van der Waals surface area contributed by atoms with Gasteiger partial charge >= 0.3 is 5.97 Å². The van der Waals surface area contributed by atoms with Crippen LogP contribution in [0.2, 0.25) is 0 Å². The van der Waals surface area contributed by atoms with Crippen molar-refractivity contribution in [1.29, 1.82) is 0 Å². The van der Waals surface area contributed by atoms with Crippen molar-refractivity contribution in [3.8, 4) is 11.4 Å². The Balaban J connectivity index is 2.18. The van der Waals surface area contributed by atoms with Gasteiger partial charge in [0.1, 0.15) is 17.5 Å². The Morgan fingerprint density at radius 2 is 2.00 bits per heavy atom. The summed E-state index contributed by atoms with van der Waals surface area (Å²) in [7, 11) is 0. The van der Waals surface area contributed by atoms with Crippen LogP contribution in [0.25, 0.3) is 22.4 Å². The van der Waals surface area contributed by atoms with Gasteiger partial charge in [0.05, 0.1) is 16.6 Å². The molecule has 0 aliphatic rings. The first-order valence-electron chi connectivity index (χ1n) is 5.73. The van der Waals surface area contributed by atoms with Crippen LogP contribution in [0, 0.1) is 11.6 Å². The van der Waals surface area contributed by atoms with Crippen molar-refractivity contribution >= 4 is 17.0 Å². The van der Waals surface area contributed by atoms with Gasteiger partial charge in [-0.25, -0.2) is 18.6 Å². The van der Waals surface area contributed by atoms with Gasteiger partial charge in [-0.3, -0.25) is 0 Å². The lowest BCUT2D eigenvalue weighted by Gasteiger charge is -1.96. The van der Waals surface area contributed by atoms with Gasteiger partial charge in [-0.05, 0) is 18.2 Å². The van der Waals surface area contributed by atoms with Gasteiger partial charge in [0.2, 0.25) is 0 Å². The highest BCUT2D eigenvalue weighted by atomic mass is 19.1. The summed E-state index contributed by atoms with van der Waals surface area (Å²) in [5.74, 6) is -2.28. The maximum Gasteiger partial charge on any atom is 0.338 e. The molecule has 0 spiro atoms. The van der Waals surface area contributed by atoms with E-state index in [1.807, 2.05) is 0 Å². The Kier molecular flexibility index (Phi) is 2.71. The predicted octanol–water partition coefficient (Wildman–Crippen LogP) is 3.21. The molecule has 0 unspecified atom stereocenters. The Hall–Kier alpha value is -2.76. The number of imidazole rings is 1. The van der Waals surface area contributed by atoms with Gasteiger partial charge < -0.3 is 10.1 Å². The highest BCUT2D eigenvalue weighted by Crippen LogP contribution is 2.23. The quantitative estimate of drug-likeness (QED) is 0.754. The van der Waals surface area contributed by atoms with E-state index in [-0.39, 0.29) is 0 Å². The summed E-state index contributed by atoms with van der Waals surface area (Å²) in [5.41, 5.74) is 0.711. The average Bonchev–Trinajstić information content (AvgIpc) is 2.80. The van der Waals surface area contributed by atoms with Crippen molar-refractivity contribution in [2.24, 2.45) is 0 Å². The molecule has 2 N–H and O–H groups in total. The van der Waals surface area contributed by atoms with Crippen molar-refractivity contribution in [1.82, 2.24) is 9.97 Å². The second-order valence-electron chi connectivity index (χ2n) is 4.25. The maximum absolute atomic E-state index is 13.6. The second-order valence-corrected chi connectivity index (χ2v) is 4.25. The molecular formula is C14H8F2N2O2. The van der Waals surface area contributed by atoms with Gasteiger partial charge in [0, 0.05) is 11.6 Å². The predicted molar refractivity (Wildman–Crippen MR) is 68.4 cm³/mol. The number of nitrogens with zero attached hydrogens (tertiary/aromatic N) is 1. The number of benzene rings is 2. The lowest BCUT2D eigenvalue weighted by molar-refractivity contribution is 0.0692. The van der Waals surface area contributed by atoms with E-state index in [1.54, 1.807) is 6.07 Å². The van der Waals surface area contributed by atoms with Gasteiger partial charge in [-0.2, -0.15) is 0 Å². The SMILES string of the molecule is O=C(O)c1cc2nc(-c3cccc(F)c3)[nH]c2cc1F. The standard InChI is InChI=1S/C14H8F2N2O2/c15-8-3-1-2-7(4-8)13-17-11-5-9(14(19)20)10(16)6-12(11)18-13/h1-6H,(H,17,18)(H,19,20). The van der Waals surface area contributed by atoms with E-state index in [0.717, 1.165) is 12.1 Å². The van der Waals surface area contributed by atoms with Crippen molar-refractivity contribution in [2.75, 3.05) is 0 Å². The van der Waals surface area contributed by atoms with Crippen LogP contribution < -0.4 is 0 Å². The number of hydrogen-bond acceptors (Lipinski definition) is 2. The molecule has 0 fully saturated rings. The number of aromatic nitrogens is 2. The molecule has 20 heavy (non-hydrogen) atoms. The number of aromatic amines is 1. The highest BCUT2D eigenvalue weighted by molar-refractivity contribution is 5.93. The van der Waals surface area contributed by atoms with Gasteiger partial charge in [0.15, 0.2) is 0 Å². The third-order valence-corrected chi connectivity index (χ3v) is 2.90. The largest absolute Gasteiger partial charge is 0.478 e. The Morgan fingerprint density at radius 3 is 2.70 bits per heavy atom. The summed E-state index contributed by atoms with van der Waals surface area (Å²) in [6.07, 6.45) is 0. The minimum absolute atomic E-state index is 0.308. The smallest absolute Gasteiger partial charge is 0.338 e. The van der Waals surface area contributed by atoms with Crippen molar-refractivity contribution in [3.05, 3.63) is 53.6 Å². The van der Waals surface area contributed by atoms with E-state index in [1.165, 1.54) is 18.2 Å². The van der Waals surface area contributed by atoms with E-state index >= 15 is 0 Å². The molecule has 6 heteroatoms. The second kappa shape index (κ2) is 4.41. The fraction of sp³-hybridized carbons (Fsp3) is 0. The first-order chi connectivity index (χ1) is 9.54. The van der Waals surface area contributed by atoms with Crippen LogP contribution in [0.15, 0.2) is 36.4 Å². The average molecular weight is 274 g/mol. The third-order valence-electron chi connectivity index (χ3n) is 2.90. The minimum atomic E-state index is -1.36. The Bertz CT molecular complexity index is 827. The molecule has 0 saturated carbocycles. The van der Waals surface area contributed by atoms with E-state index in [4.69, 9.17) is 5.11 Å². The highest BCUT2D eigenvalue weighted by Gasteiger charge is 2.14. The van der Waals surface area contributed by atoms with E-state index < -0.39 is 23.2 Å². The van der Waals surface area contributed by atoms with Crippen LogP contribution in [0.3, 0.4) is 0 Å².